The summed E-state index contributed by atoms with van der Waals surface area (Å²) < 4.78 is 32.7. The van der Waals surface area contributed by atoms with Crippen LogP contribution in [0.2, 0.25) is 0 Å². The van der Waals surface area contributed by atoms with Crippen molar-refractivity contribution in [2.24, 2.45) is 0 Å². The summed E-state index contributed by atoms with van der Waals surface area (Å²) in [6.07, 6.45) is 0. The van der Waals surface area contributed by atoms with Gasteiger partial charge in [-0.15, -0.1) is 0 Å². The lowest BCUT2D eigenvalue weighted by molar-refractivity contribution is 0.0526. The quantitative estimate of drug-likeness (QED) is 0.756. The van der Waals surface area contributed by atoms with Gasteiger partial charge < -0.3 is 4.74 Å². The van der Waals surface area contributed by atoms with Crippen molar-refractivity contribution in [2.45, 2.75) is 12.7 Å². The molecular weight excluding hydrogens is 382 g/mol. The maximum absolute atomic E-state index is 12.2. The van der Waals surface area contributed by atoms with E-state index >= 15 is 0 Å². The number of anilines is 1. The number of sulfonamides is 1. The van der Waals surface area contributed by atoms with Gasteiger partial charge in [-0.1, -0.05) is 34.1 Å². The summed E-state index contributed by atoms with van der Waals surface area (Å²) in [6, 6.07) is 13.3. The Morgan fingerprint density at radius 1 is 1.17 bits per heavy atom. The van der Waals surface area contributed by atoms with E-state index in [1.807, 2.05) is 0 Å². The van der Waals surface area contributed by atoms with E-state index in [-0.39, 0.29) is 12.4 Å². The minimum absolute atomic E-state index is 0.149. The number of carbonyl (C=O) groups excluding carboxylic acids is 1. The van der Waals surface area contributed by atoms with Crippen molar-refractivity contribution in [3.05, 3.63) is 64.1 Å². The zero-order chi connectivity index (χ0) is 16.9. The molecular formula is C16H16BrNO4S. The maximum atomic E-state index is 12.2. The number of halogens is 1. The van der Waals surface area contributed by atoms with Crippen LogP contribution in [0, 0.1) is 0 Å². The molecule has 0 fully saturated rings. The Balaban J connectivity index is 2.12. The van der Waals surface area contributed by atoms with Gasteiger partial charge in [-0.05, 0) is 42.8 Å². The molecule has 0 spiro atoms. The topological polar surface area (TPSA) is 72.5 Å². The first kappa shape index (κ1) is 17.5. The molecule has 0 aliphatic rings. The molecule has 0 bridgehead atoms. The molecule has 0 saturated carbocycles. The van der Waals surface area contributed by atoms with E-state index in [2.05, 4.69) is 20.7 Å². The molecule has 1 N–H and O–H groups in total. The van der Waals surface area contributed by atoms with Gasteiger partial charge in [0.2, 0.25) is 10.0 Å². The van der Waals surface area contributed by atoms with Crippen LogP contribution in [0.25, 0.3) is 0 Å². The number of hydrogen-bond acceptors (Lipinski definition) is 4. The van der Waals surface area contributed by atoms with Crippen LogP contribution in [0.1, 0.15) is 22.8 Å². The molecule has 5 nitrogen and oxygen atoms in total. The minimum atomic E-state index is -3.57. The number of benzene rings is 2. The van der Waals surface area contributed by atoms with Crippen molar-refractivity contribution in [3.8, 4) is 0 Å². The highest BCUT2D eigenvalue weighted by atomic mass is 79.9. The first-order valence-corrected chi connectivity index (χ1v) is 9.36. The third-order valence-electron chi connectivity index (χ3n) is 2.92. The Bertz CT molecular complexity index is 788. The fourth-order valence-corrected chi connectivity index (χ4v) is 3.39. The van der Waals surface area contributed by atoms with Crippen molar-refractivity contribution in [1.82, 2.24) is 0 Å². The SMILES string of the molecule is CCOC(=O)c1cccc(NS(=O)(=O)Cc2ccc(Br)cc2)c1. The van der Waals surface area contributed by atoms with E-state index in [0.29, 0.717) is 16.8 Å². The number of rotatable bonds is 6. The summed E-state index contributed by atoms with van der Waals surface area (Å²) >= 11 is 3.30. The van der Waals surface area contributed by atoms with Gasteiger partial charge >= 0.3 is 5.97 Å². The molecule has 23 heavy (non-hydrogen) atoms. The van der Waals surface area contributed by atoms with Gasteiger partial charge in [0.05, 0.1) is 17.9 Å². The standard InChI is InChI=1S/C16H16BrNO4S/c1-2-22-16(19)13-4-3-5-15(10-13)18-23(20,21)11-12-6-8-14(17)9-7-12/h3-10,18H,2,11H2,1H3. The average molecular weight is 398 g/mol. The van der Waals surface area contributed by atoms with E-state index in [9.17, 15) is 13.2 Å². The molecule has 122 valence electrons. The van der Waals surface area contributed by atoms with Crippen LogP contribution in [0.3, 0.4) is 0 Å². The van der Waals surface area contributed by atoms with Gasteiger partial charge in [0, 0.05) is 10.2 Å². The summed E-state index contributed by atoms with van der Waals surface area (Å²) in [5.41, 5.74) is 1.30. The molecule has 2 rings (SSSR count). The van der Waals surface area contributed by atoms with Crippen molar-refractivity contribution >= 4 is 37.6 Å². The zero-order valence-corrected chi connectivity index (χ0v) is 14.9. The Hall–Kier alpha value is -1.86. The lowest BCUT2D eigenvalue weighted by Crippen LogP contribution is -2.15. The van der Waals surface area contributed by atoms with Crippen LogP contribution in [-0.4, -0.2) is 21.0 Å². The minimum Gasteiger partial charge on any atom is -0.462 e. The number of carbonyl (C=O) groups is 1. The monoisotopic (exact) mass is 397 g/mol. The second-order valence-corrected chi connectivity index (χ2v) is 7.43. The highest BCUT2D eigenvalue weighted by Gasteiger charge is 2.13. The molecule has 0 radical (unpaired) electrons. The highest BCUT2D eigenvalue weighted by molar-refractivity contribution is 9.10. The first-order chi connectivity index (χ1) is 10.9. The first-order valence-electron chi connectivity index (χ1n) is 6.92. The molecule has 0 amide bonds. The molecule has 0 aliphatic carbocycles. The third kappa shape index (κ3) is 5.37. The summed E-state index contributed by atoms with van der Waals surface area (Å²) in [5.74, 6) is -0.634. The Labute approximate surface area is 143 Å². The molecule has 2 aromatic carbocycles. The van der Waals surface area contributed by atoms with Gasteiger partial charge in [0.25, 0.3) is 0 Å². The van der Waals surface area contributed by atoms with Crippen LogP contribution < -0.4 is 4.72 Å². The van der Waals surface area contributed by atoms with Crippen molar-refractivity contribution < 1.29 is 17.9 Å². The van der Waals surface area contributed by atoms with Crippen molar-refractivity contribution in [2.75, 3.05) is 11.3 Å². The third-order valence-corrected chi connectivity index (χ3v) is 4.71. The average Bonchev–Trinajstić information content (AvgIpc) is 2.49. The molecule has 2 aromatic rings. The van der Waals surface area contributed by atoms with Gasteiger partial charge in [-0.2, -0.15) is 0 Å². The summed E-state index contributed by atoms with van der Waals surface area (Å²) in [5, 5.41) is 0. The molecule has 0 saturated heterocycles. The normalized spacial score (nSPS) is 11.0. The zero-order valence-electron chi connectivity index (χ0n) is 12.5. The van der Waals surface area contributed by atoms with E-state index < -0.39 is 16.0 Å². The summed E-state index contributed by atoms with van der Waals surface area (Å²) in [4.78, 5) is 11.7. The molecule has 0 unspecified atom stereocenters. The van der Waals surface area contributed by atoms with Crippen LogP contribution in [-0.2, 0) is 20.5 Å². The molecule has 7 heteroatoms. The van der Waals surface area contributed by atoms with Crippen LogP contribution in [0.5, 0.6) is 0 Å². The lowest BCUT2D eigenvalue weighted by atomic mass is 10.2. The number of hydrogen-bond donors (Lipinski definition) is 1. The summed E-state index contributed by atoms with van der Waals surface area (Å²) in [7, 11) is -3.57. The predicted octanol–water partition coefficient (Wildman–Crippen LogP) is 3.57. The predicted molar refractivity (Wildman–Crippen MR) is 92.8 cm³/mol. The second-order valence-electron chi connectivity index (χ2n) is 4.79. The molecule has 0 heterocycles. The maximum Gasteiger partial charge on any atom is 0.338 e. The highest BCUT2D eigenvalue weighted by Crippen LogP contribution is 2.17. The van der Waals surface area contributed by atoms with Crippen molar-refractivity contribution in [1.29, 1.82) is 0 Å². The fourth-order valence-electron chi connectivity index (χ4n) is 1.94. The lowest BCUT2D eigenvalue weighted by Gasteiger charge is -2.09. The van der Waals surface area contributed by atoms with Crippen LogP contribution in [0.15, 0.2) is 53.0 Å². The Morgan fingerprint density at radius 3 is 2.52 bits per heavy atom. The Kier molecular flexibility index (Phi) is 5.79. The number of ether oxygens (including phenoxy) is 1. The van der Waals surface area contributed by atoms with Gasteiger partial charge in [-0.3, -0.25) is 4.72 Å². The van der Waals surface area contributed by atoms with Crippen LogP contribution in [0.4, 0.5) is 5.69 Å². The number of nitrogens with one attached hydrogen (secondary N) is 1. The van der Waals surface area contributed by atoms with E-state index in [4.69, 9.17) is 4.74 Å². The van der Waals surface area contributed by atoms with Crippen molar-refractivity contribution in [3.63, 3.8) is 0 Å². The van der Waals surface area contributed by atoms with Gasteiger partial charge in [0.15, 0.2) is 0 Å². The largest absolute Gasteiger partial charge is 0.462 e. The summed E-state index contributed by atoms with van der Waals surface area (Å²) in [6.45, 7) is 1.97. The molecule has 0 atom stereocenters. The van der Waals surface area contributed by atoms with Gasteiger partial charge in [0.1, 0.15) is 0 Å². The molecule has 0 aliphatic heterocycles. The Morgan fingerprint density at radius 2 is 1.87 bits per heavy atom. The van der Waals surface area contributed by atoms with E-state index in [1.165, 1.54) is 6.07 Å². The second kappa shape index (κ2) is 7.61. The van der Waals surface area contributed by atoms with Gasteiger partial charge in [-0.25, -0.2) is 13.2 Å². The molecule has 0 aromatic heterocycles. The fraction of sp³-hybridized carbons (Fsp3) is 0.188. The van der Waals surface area contributed by atoms with E-state index in [1.54, 1.807) is 49.4 Å². The number of esters is 1. The van der Waals surface area contributed by atoms with E-state index in [0.717, 1.165) is 4.47 Å². The smallest absolute Gasteiger partial charge is 0.338 e. The van der Waals surface area contributed by atoms with Crippen LogP contribution >= 0.6 is 15.9 Å².